The van der Waals surface area contributed by atoms with Gasteiger partial charge >= 0.3 is 5.97 Å². The summed E-state index contributed by atoms with van der Waals surface area (Å²) in [6.07, 6.45) is 0.172. The van der Waals surface area contributed by atoms with Gasteiger partial charge in [0.2, 0.25) is 0 Å². The Labute approximate surface area is 91.6 Å². The molecule has 0 aromatic rings. The summed E-state index contributed by atoms with van der Waals surface area (Å²) in [6, 6.07) is 0. The lowest BCUT2D eigenvalue weighted by Gasteiger charge is -2.14. The Hall–Kier alpha value is -0.220. The average Bonchev–Trinajstić information content (AvgIpc) is 2.10. The van der Waals surface area contributed by atoms with E-state index in [1.807, 2.05) is 27.7 Å². The quantitative estimate of drug-likeness (QED) is 0.422. The summed E-state index contributed by atoms with van der Waals surface area (Å²) in [4.78, 5) is 11.3. The van der Waals surface area contributed by atoms with Crippen LogP contribution in [0, 0.1) is 5.92 Å². The third-order valence-electron chi connectivity index (χ3n) is 1.65. The van der Waals surface area contributed by atoms with Crippen LogP contribution >= 0.6 is 12.6 Å². The van der Waals surface area contributed by atoms with Gasteiger partial charge in [-0.1, -0.05) is 13.8 Å². The Morgan fingerprint density at radius 2 is 1.79 bits per heavy atom. The standard InChI is InChI=1S/C10H20O3S/c1-7(2)9(14)10(11)13-6-5-12-8(3)4/h7-9,14H,5-6H2,1-4H3. The molecule has 0 amide bonds. The summed E-state index contributed by atoms with van der Waals surface area (Å²) in [5.41, 5.74) is 0. The third-order valence-corrected chi connectivity index (χ3v) is 2.46. The van der Waals surface area contributed by atoms with E-state index in [-0.39, 0.29) is 23.2 Å². The molecule has 0 radical (unpaired) electrons. The second-order valence-electron chi connectivity index (χ2n) is 3.78. The van der Waals surface area contributed by atoms with Gasteiger partial charge in [-0.25, -0.2) is 0 Å². The lowest BCUT2D eigenvalue weighted by molar-refractivity contribution is -0.145. The molecule has 0 bridgehead atoms. The van der Waals surface area contributed by atoms with Crippen LogP contribution in [0.5, 0.6) is 0 Å². The van der Waals surface area contributed by atoms with Gasteiger partial charge < -0.3 is 9.47 Å². The summed E-state index contributed by atoms with van der Waals surface area (Å²) in [7, 11) is 0. The maximum Gasteiger partial charge on any atom is 0.319 e. The Bertz CT molecular complexity index is 169. The zero-order chi connectivity index (χ0) is 11.1. The molecule has 0 heterocycles. The fourth-order valence-corrected chi connectivity index (χ4v) is 0.858. The average molecular weight is 220 g/mol. The molecule has 0 fully saturated rings. The molecular formula is C10H20O3S. The van der Waals surface area contributed by atoms with Crippen molar-refractivity contribution < 1.29 is 14.3 Å². The van der Waals surface area contributed by atoms with Crippen molar-refractivity contribution in [3.63, 3.8) is 0 Å². The maximum absolute atomic E-state index is 11.3. The highest BCUT2D eigenvalue weighted by Crippen LogP contribution is 2.10. The lowest BCUT2D eigenvalue weighted by Crippen LogP contribution is -2.25. The van der Waals surface area contributed by atoms with Crippen molar-refractivity contribution in [3.8, 4) is 0 Å². The largest absolute Gasteiger partial charge is 0.462 e. The molecule has 0 aliphatic carbocycles. The molecule has 0 saturated heterocycles. The van der Waals surface area contributed by atoms with Crippen molar-refractivity contribution in [2.45, 2.75) is 39.0 Å². The molecule has 14 heavy (non-hydrogen) atoms. The summed E-state index contributed by atoms with van der Waals surface area (Å²) < 4.78 is 10.2. The first-order valence-corrected chi connectivity index (χ1v) is 5.43. The van der Waals surface area contributed by atoms with Crippen LogP contribution < -0.4 is 0 Å². The Morgan fingerprint density at radius 1 is 1.21 bits per heavy atom. The summed E-state index contributed by atoms with van der Waals surface area (Å²) in [5, 5.41) is -0.339. The summed E-state index contributed by atoms with van der Waals surface area (Å²) >= 11 is 4.15. The predicted octanol–water partition coefficient (Wildman–Crippen LogP) is 1.91. The van der Waals surface area contributed by atoms with E-state index in [1.165, 1.54) is 0 Å². The minimum Gasteiger partial charge on any atom is -0.462 e. The molecule has 4 heteroatoms. The van der Waals surface area contributed by atoms with E-state index < -0.39 is 0 Å². The highest BCUT2D eigenvalue weighted by Gasteiger charge is 2.18. The summed E-state index contributed by atoms with van der Waals surface area (Å²) in [5.74, 6) is -0.0764. The first kappa shape index (κ1) is 13.8. The topological polar surface area (TPSA) is 35.5 Å². The number of thiol groups is 1. The molecular weight excluding hydrogens is 200 g/mol. The Morgan fingerprint density at radius 3 is 2.21 bits per heavy atom. The van der Waals surface area contributed by atoms with Gasteiger partial charge in [-0.3, -0.25) is 4.79 Å². The molecule has 1 atom stereocenters. The van der Waals surface area contributed by atoms with Crippen molar-refractivity contribution in [1.29, 1.82) is 0 Å². The first-order chi connectivity index (χ1) is 6.45. The molecule has 0 aliphatic rings. The van der Waals surface area contributed by atoms with Crippen LogP contribution in [-0.2, 0) is 14.3 Å². The van der Waals surface area contributed by atoms with Crippen LogP contribution in [0.2, 0.25) is 0 Å². The van der Waals surface area contributed by atoms with E-state index in [0.717, 1.165) is 0 Å². The molecule has 0 saturated carbocycles. The molecule has 0 aromatic carbocycles. The first-order valence-electron chi connectivity index (χ1n) is 4.91. The van der Waals surface area contributed by atoms with Gasteiger partial charge in [-0.2, -0.15) is 12.6 Å². The number of esters is 1. The lowest BCUT2D eigenvalue weighted by atomic mass is 10.1. The van der Waals surface area contributed by atoms with E-state index in [9.17, 15) is 4.79 Å². The molecule has 0 aromatic heterocycles. The van der Waals surface area contributed by atoms with Gasteiger partial charge in [-0.15, -0.1) is 0 Å². The van der Waals surface area contributed by atoms with Crippen LogP contribution in [0.15, 0.2) is 0 Å². The molecule has 0 N–H and O–H groups in total. The van der Waals surface area contributed by atoms with Gasteiger partial charge in [0.05, 0.1) is 12.7 Å². The zero-order valence-electron chi connectivity index (χ0n) is 9.32. The van der Waals surface area contributed by atoms with Crippen LogP contribution in [-0.4, -0.2) is 30.5 Å². The van der Waals surface area contributed by atoms with E-state index in [1.54, 1.807) is 0 Å². The third kappa shape index (κ3) is 6.27. The number of hydrogen-bond acceptors (Lipinski definition) is 4. The van der Waals surface area contributed by atoms with Gasteiger partial charge in [0.15, 0.2) is 0 Å². The van der Waals surface area contributed by atoms with E-state index in [0.29, 0.717) is 13.2 Å². The number of hydrogen-bond donors (Lipinski definition) is 1. The summed E-state index contributed by atoms with van der Waals surface area (Å²) in [6.45, 7) is 8.50. The minimum atomic E-state index is -0.339. The molecule has 0 spiro atoms. The fourth-order valence-electron chi connectivity index (χ4n) is 0.784. The molecule has 1 unspecified atom stereocenters. The molecule has 84 valence electrons. The maximum atomic E-state index is 11.3. The highest BCUT2D eigenvalue weighted by molar-refractivity contribution is 7.81. The molecule has 3 nitrogen and oxygen atoms in total. The second-order valence-corrected chi connectivity index (χ2v) is 4.33. The monoisotopic (exact) mass is 220 g/mol. The number of carbonyl (C=O) groups is 1. The van der Waals surface area contributed by atoms with Crippen LogP contribution in [0.4, 0.5) is 0 Å². The van der Waals surface area contributed by atoms with Crippen LogP contribution in [0.3, 0.4) is 0 Å². The zero-order valence-corrected chi connectivity index (χ0v) is 10.2. The van der Waals surface area contributed by atoms with Crippen molar-refractivity contribution in [2.75, 3.05) is 13.2 Å². The van der Waals surface area contributed by atoms with Crippen LogP contribution in [0.25, 0.3) is 0 Å². The smallest absolute Gasteiger partial charge is 0.319 e. The van der Waals surface area contributed by atoms with Crippen molar-refractivity contribution in [1.82, 2.24) is 0 Å². The van der Waals surface area contributed by atoms with E-state index in [2.05, 4.69) is 12.6 Å². The fraction of sp³-hybridized carbons (Fsp3) is 0.900. The number of ether oxygens (including phenoxy) is 2. The predicted molar refractivity (Wildman–Crippen MR) is 59.7 cm³/mol. The van der Waals surface area contributed by atoms with Gasteiger partial charge in [0, 0.05) is 0 Å². The van der Waals surface area contributed by atoms with Crippen LogP contribution in [0.1, 0.15) is 27.7 Å². The van der Waals surface area contributed by atoms with E-state index in [4.69, 9.17) is 9.47 Å². The number of carbonyl (C=O) groups excluding carboxylic acids is 1. The normalized spacial score (nSPS) is 13.4. The Kier molecular flexibility index (Phi) is 7.01. The highest BCUT2D eigenvalue weighted by atomic mass is 32.1. The number of rotatable bonds is 6. The molecule has 0 rings (SSSR count). The van der Waals surface area contributed by atoms with Crippen molar-refractivity contribution in [2.24, 2.45) is 5.92 Å². The van der Waals surface area contributed by atoms with Crippen molar-refractivity contribution in [3.05, 3.63) is 0 Å². The Balaban J connectivity index is 3.54. The molecule has 0 aliphatic heterocycles. The second kappa shape index (κ2) is 7.12. The minimum absolute atomic E-state index is 0.172. The van der Waals surface area contributed by atoms with Gasteiger partial charge in [-0.05, 0) is 19.8 Å². The van der Waals surface area contributed by atoms with Crippen molar-refractivity contribution >= 4 is 18.6 Å². The van der Waals surface area contributed by atoms with E-state index >= 15 is 0 Å². The van der Waals surface area contributed by atoms with Gasteiger partial charge in [0.1, 0.15) is 11.9 Å². The SMILES string of the molecule is CC(C)OCCOC(=O)C(S)C(C)C. The van der Waals surface area contributed by atoms with Gasteiger partial charge in [0.25, 0.3) is 0 Å².